The first kappa shape index (κ1) is 17.6. The minimum Gasteiger partial charge on any atom is -0.491 e. The maximum atomic E-state index is 12.3. The third-order valence-corrected chi connectivity index (χ3v) is 4.13. The number of nitrogens with one attached hydrogen (secondary N) is 1. The molecule has 1 heterocycles. The first-order valence-corrected chi connectivity index (χ1v) is 8.37. The van der Waals surface area contributed by atoms with Crippen molar-refractivity contribution in [3.8, 4) is 5.75 Å². The fourth-order valence-corrected chi connectivity index (χ4v) is 2.97. The van der Waals surface area contributed by atoms with Crippen LogP contribution in [0, 0.1) is 5.92 Å². The summed E-state index contributed by atoms with van der Waals surface area (Å²) in [4.78, 5) is 16.4. The van der Waals surface area contributed by atoms with E-state index >= 15 is 0 Å². The molecule has 1 aromatic carbocycles. The van der Waals surface area contributed by atoms with E-state index in [1.807, 2.05) is 45.2 Å². The van der Waals surface area contributed by atoms with Gasteiger partial charge in [-0.05, 0) is 45.8 Å². The number of nitrogens with zero attached hydrogens (tertiary/aromatic N) is 2. The van der Waals surface area contributed by atoms with Crippen molar-refractivity contribution in [1.29, 1.82) is 0 Å². The number of amides is 2. The normalized spacial score (nSPS) is 18.2. The number of carbonyl (C=O) groups is 1. The average molecular weight is 319 g/mol. The van der Waals surface area contributed by atoms with Gasteiger partial charge in [-0.25, -0.2) is 4.79 Å². The maximum absolute atomic E-state index is 12.3. The molecule has 5 nitrogen and oxygen atoms in total. The Labute approximate surface area is 139 Å². The smallest absolute Gasteiger partial charge is 0.317 e. The zero-order valence-electron chi connectivity index (χ0n) is 14.7. The Balaban J connectivity index is 1.84. The predicted molar refractivity (Wildman–Crippen MR) is 92.7 cm³/mol. The van der Waals surface area contributed by atoms with E-state index in [4.69, 9.17) is 4.74 Å². The second-order valence-electron chi connectivity index (χ2n) is 6.73. The Hall–Kier alpha value is -1.75. The summed E-state index contributed by atoms with van der Waals surface area (Å²) >= 11 is 0. The van der Waals surface area contributed by atoms with Gasteiger partial charge in [-0.3, -0.25) is 0 Å². The number of hydrogen-bond acceptors (Lipinski definition) is 3. The second-order valence-corrected chi connectivity index (χ2v) is 6.73. The number of rotatable bonds is 6. The molecule has 128 valence electrons. The van der Waals surface area contributed by atoms with Crippen molar-refractivity contribution in [3.63, 3.8) is 0 Å². The van der Waals surface area contributed by atoms with Crippen molar-refractivity contribution < 1.29 is 9.53 Å². The molecule has 2 rings (SSSR count). The van der Waals surface area contributed by atoms with E-state index in [1.165, 1.54) is 6.42 Å². The molecule has 1 saturated heterocycles. The molecule has 0 aromatic heterocycles. The van der Waals surface area contributed by atoms with E-state index in [0.717, 1.165) is 30.9 Å². The van der Waals surface area contributed by atoms with Crippen LogP contribution in [0.4, 0.5) is 4.79 Å². The summed E-state index contributed by atoms with van der Waals surface area (Å²) in [6.45, 7) is 7.49. The highest BCUT2D eigenvalue weighted by Crippen LogP contribution is 2.19. The van der Waals surface area contributed by atoms with Crippen LogP contribution >= 0.6 is 0 Å². The summed E-state index contributed by atoms with van der Waals surface area (Å²) in [5.74, 6) is 1.41. The summed E-state index contributed by atoms with van der Waals surface area (Å²) < 4.78 is 5.79. The minimum atomic E-state index is -0.0288. The monoisotopic (exact) mass is 319 g/mol. The fourth-order valence-electron chi connectivity index (χ4n) is 2.97. The number of urea groups is 1. The lowest BCUT2D eigenvalue weighted by atomic mass is 10.1. The third-order valence-electron chi connectivity index (χ3n) is 4.13. The van der Waals surface area contributed by atoms with Gasteiger partial charge in [0.05, 0.1) is 6.10 Å². The lowest BCUT2D eigenvalue weighted by Crippen LogP contribution is -2.40. The van der Waals surface area contributed by atoms with Crippen LogP contribution in [0.25, 0.3) is 0 Å². The molecule has 0 spiro atoms. The molecule has 1 fully saturated rings. The van der Waals surface area contributed by atoms with Crippen LogP contribution in [0.15, 0.2) is 24.3 Å². The van der Waals surface area contributed by atoms with Crippen LogP contribution in [0.1, 0.15) is 25.8 Å². The van der Waals surface area contributed by atoms with Gasteiger partial charge in [0.1, 0.15) is 5.75 Å². The molecule has 5 heteroatoms. The van der Waals surface area contributed by atoms with Crippen molar-refractivity contribution in [2.24, 2.45) is 5.92 Å². The largest absolute Gasteiger partial charge is 0.491 e. The standard InChI is InChI=1S/C18H29N3O2/c1-14(2)23-17-8-6-5-7-16(17)11-19-18(22)21(4)13-15-9-10-20(3)12-15/h5-8,14-15H,9-13H2,1-4H3,(H,19,22)/t15-/m1/s1. The Kier molecular flexibility index (Phi) is 6.28. The van der Waals surface area contributed by atoms with Gasteiger partial charge < -0.3 is 19.9 Å². The lowest BCUT2D eigenvalue weighted by Gasteiger charge is -2.22. The topological polar surface area (TPSA) is 44.8 Å². The molecule has 23 heavy (non-hydrogen) atoms. The van der Waals surface area contributed by atoms with Crippen LogP contribution in [-0.4, -0.2) is 55.7 Å². The highest BCUT2D eigenvalue weighted by molar-refractivity contribution is 5.73. The molecule has 1 aliphatic rings. The predicted octanol–water partition coefficient (Wildman–Crippen LogP) is 2.57. The van der Waals surface area contributed by atoms with Gasteiger partial charge in [-0.1, -0.05) is 18.2 Å². The molecule has 0 bridgehead atoms. The molecule has 1 aliphatic heterocycles. The van der Waals surface area contributed by atoms with E-state index in [9.17, 15) is 4.79 Å². The zero-order chi connectivity index (χ0) is 16.8. The highest BCUT2D eigenvalue weighted by atomic mass is 16.5. The summed E-state index contributed by atoms with van der Waals surface area (Å²) in [5, 5.41) is 2.99. The number of hydrogen-bond donors (Lipinski definition) is 1. The van der Waals surface area contributed by atoms with E-state index in [-0.39, 0.29) is 12.1 Å². The van der Waals surface area contributed by atoms with Crippen LogP contribution in [0.5, 0.6) is 5.75 Å². The fraction of sp³-hybridized carbons (Fsp3) is 0.611. The summed E-state index contributed by atoms with van der Waals surface area (Å²) in [6.07, 6.45) is 1.29. The number of likely N-dealkylation sites (tertiary alicyclic amines) is 1. The number of benzene rings is 1. The summed E-state index contributed by atoms with van der Waals surface area (Å²) in [7, 11) is 4.00. The first-order chi connectivity index (χ1) is 11.0. The van der Waals surface area contributed by atoms with E-state index < -0.39 is 0 Å². The van der Waals surface area contributed by atoms with Crippen molar-refractivity contribution >= 4 is 6.03 Å². The molecule has 0 aliphatic carbocycles. The van der Waals surface area contributed by atoms with Crippen molar-refractivity contribution in [2.75, 3.05) is 33.7 Å². The minimum absolute atomic E-state index is 0.0288. The quantitative estimate of drug-likeness (QED) is 0.876. The Bertz CT molecular complexity index is 519. The lowest BCUT2D eigenvalue weighted by molar-refractivity contribution is 0.199. The highest BCUT2D eigenvalue weighted by Gasteiger charge is 2.22. The molecule has 0 unspecified atom stereocenters. The van der Waals surface area contributed by atoms with Crippen molar-refractivity contribution in [3.05, 3.63) is 29.8 Å². The number of para-hydroxylation sites is 1. The van der Waals surface area contributed by atoms with Gasteiger partial charge in [0.2, 0.25) is 0 Å². The Morgan fingerprint density at radius 3 is 2.83 bits per heavy atom. The SMILES string of the molecule is CC(C)Oc1ccccc1CNC(=O)N(C)C[C@@H]1CCN(C)C1. The van der Waals surface area contributed by atoms with Gasteiger partial charge in [0, 0.05) is 32.2 Å². The molecule has 0 radical (unpaired) electrons. The first-order valence-electron chi connectivity index (χ1n) is 8.37. The Morgan fingerprint density at radius 2 is 2.17 bits per heavy atom. The van der Waals surface area contributed by atoms with Gasteiger partial charge in [-0.15, -0.1) is 0 Å². The van der Waals surface area contributed by atoms with Gasteiger partial charge >= 0.3 is 6.03 Å². The molecular weight excluding hydrogens is 290 g/mol. The Morgan fingerprint density at radius 1 is 1.43 bits per heavy atom. The third kappa shape index (κ3) is 5.43. The molecular formula is C18H29N3O2. The van der Waals surface area contributed by atoms with Crippen LogP contribution in [0.2, 0.25) is 0 Å². The number of ether oxygens (including phenoxy) is 1. The molecule has 0 saturated carbocycles. The van der Waals surface area contributed by atoms with Crippen molar-refractivity contribution in [1.82, 2.24) is 15.1 Å². The van der Waals surface area contributed by atoms with E-state index in [1.54, 1.807) is 4.90 Å². The number of carbonyl (C=O) groups excluding carboxylic acids is 1. The van der Waals surface area contributed by atoms with Gasteiger partial charge in [-0.2, -0.15) is 0 Å². The summed E-state index contributed by atoms with van der Waals surface area (Å²) in [6, 6.07) is 7.82. The molecule has 2 amide bonds. The van der Waals surface area contributed by atoms with Crippen LogP contribution in [0.3, 0.4) is 0 Å². The zero-order valence-corrected chi connectivity index (χ0v) is 14.7. The summed E-state index contributed by atoms with van der Waals surface area (Å²) in [5.41, 5.74) is 1.00. The van der Waals surface area contributed by atoms with Gasteiger partial charge in [0.15, 0.2) is 0 Å². The molecule has 1 aromatic rings. The van der Waals surface area contributed by atoms with Gasteiger partial charge in [0.25, 0.3) is 0 Å². The van der Waals surface area contributed by atoms with Crippen molar-refractivity contribution in [2.45, 2.75) is 32.9 Å². The van der Waals surface area contributed by atoms with Crippen LogP contribution < -0.4 is 10.1 Å². The van der Waals surface area contributed by atoms with E-state index in [0.29, 0.717) is 12.5 Å². The second kappa shape index (κ2) is 8.20. The van der Waals surface area contributed by atoms with Crippen LogP contribution in [-0.2, 0) is 6.54 Å². The molecule has 1 N–H and O–H groups in total. The maximum Gasteiger partial charge on any atom is 0.317 e. The average Bonchev–Trinajstić information content (AvgIpc) is 2.90. The molecule has 1 atom stereocenters. The van der Waals surface area contributed by atoms with E-state index in [2.05, 4.69) is 17.3 Å².